The lowest BCUT2D eigenvalue weighted by molar-refractivity contribution is -0.150. The van der Waals surface area contributed by atoms with E-state index in [9.17, 15) is 9.59 Å². The lowest BCUT2D eigenvalue weighted by atomic mass is 10.1. The predicted octanol–water partition coefficient (Wildman–Crippen LogP) is 4.08. The van der Waals surface area contributed by atoms with Gasteiger partial charge in [-0.2, -0.15) is 0 Å². The Morgan fingerprint density at radius 3 is 2.37 bits per heavy atom. The third-order valence-corrected chi connectivity index (χ3v) is 4.25. The molecule has 2 atom stereocenters. The molecule has 0 spiro atoms. The van der Waals surface area contributed by atoms with Crippen molar-refractivity contribution < 1.29 is 14.3 Å². The minimum atomic E-state index is -0.834. The van der Waals surface area contributed by atoms with Crippen LogP contribution >= 0.6 is 0 Å². The number of rotatable bonds is 8. The van der Waals surface area contributed by atoms with Crippen molar-refractivity contribution in [1.29, 1.82) is 0 Å². The topological polar surface area (TPSA) is 55.4 Å². The Labute approximate surface area is 161 Å². The highest BCUT2D eigenvalue weighted by Gasteiger charge is 2.18. The van der Waals surface area contributed by atoms with Crippen molar-refractivity contribution in [3.63, 3.8) is 0 Å². The van der Waals surface area contributed by atoms with E-state index < -0.39 is 12.1 Å². The van der Waals surface area contributed by atoms with E-state index in [-0.39, 0.29) is 11.9 Å². The number of esters is 1. The van der Waals surface area contributed by atoms with Gasteiger partial charge in [-0.15, -0.1) is 0 Å². The Morgan fingerprint density at radius 1 is 1.04 bits per heavy atom. The van der Waals surface area contributed by atoms with Gasteiger partial charge in [0.2, 0.25) is 0 Å². The largest absolute Gasteiger partial charge is 0.449 e. The number of amides is 1. The first-order valence-electron chi connectivity index (χ1n) is 9.23. The van der Waals surface area contributed by atoms with Gasteiger partial charge in [-0.05, 0) is 50.8 Å². The summed E-state index contributed by atoms with van der Waals surface area (Å²) >= 11 is 0. The Morgan fingerprint density at radius 2 is 1.70 bits per heavy atom. The van der Waals surface area contributed by atoms with Crippen LogP contribution in [0, 0.1) is 6.92 Å². The maximum atomic E-state index is 12.2. The highest BCUT2D eigenvalue weighted by atomic mass is 16.5. The van der Waals surface area contributed by atoms with Gasteiger partial charge in [0, 0.05) is 12.1 Å². The van der Waals surface area contributed by atoms with Gasteiger partial charge >= 0.3 is 5.97 Å². The molecule has 0 aliphatic rings. The Balaban J connectivity index is 1.75. The van der Waals surface area contributed by atoms with Crippen LogP contribution in [0.1, 0.15) is 37.0 Å². The number of hydrogen-bond donors (Lipinski definition) is 1. The molecule has 0 bridgehead atoms. The molecule has 2 aromatic carbocycles. The zero-order chi connectivity index (χ0) is 19.6. The molecule has 0 saturated heterocycles. The summed E-state index contributed by atoms with van der Waals surface area (Å²) in [6, 6.07) is 17.9. The van der Waals surface area contributed by atoms with Crippen molar-refractivity contribution in [3.05, 3.63) is 77.4 Å². The summed E-state index contributed by atoms with van der Waals surface area (Å²) in [6.07, 6.45) is 3.89. The second-order valence-electron chi connectivity index (χ2n) is 6.76. The van der Waals surface area contributed by atoms with Gasteiger partial charge in [-0.25, -0.2) is 4.79 Å². The predicted molar refractivity (Wildman–Crippen MR) is 108 cm³/mol. The summed E-state index contributed by atoms with van der Waals surface area (Å²) in [5.41, 5.74) is 3.30. The van der Waals surface area contributed by atoms with E-state index in [0.717, 1.165) is 24.0 Å². The minimum absolute atomic E-state index is 0.00181. The van der Waals surface area contributed by atoms with E-state index in [1.54, 1.807) is 13.0 Å². The molecule has 4 heteroatoms. The number of aryl methyl sites for hydroxylation is 2. The zero-order valence-electron chi connectivity index (χ0n) is 16.1. The molecule has 142 valence electrons. The van der Waals surface area contributed by atoms with E-state index in [2.05, 4.69) is 17.4 Å². The number of benzene rings is 2. The third-order valence-electron chi connectivity index (χ3n) is 4.25. The second kappa shape index (κ2) is 10.3. The Bertz CT molecular complexity index is 766. The summed E-state index contributed by atoms with van der Waals surface area (Å²) < 4.78 is 5.18. The van der Waals surface area contributed by atoms with Gasteiger partial charge in [-0.3, -0.25) is 4.79 Å². The fraction of sp³-hybridized carbons (Fsp3) is 0.304. The summed E-state index contributed by atoms with van der Waals surface area (Å²) in [5, 5.41) is 2.90. The van der Waals surface area contributed by atoms with Crippen LogP contribution in [0.2, 0.25) is 0 Å². The first-order valence-corrected chi connectivity index (χ1v) is 9.23. The molecule has 0 unspecified atom stereocenters. The summed E-state index contributed by atoms with van der Waals surface area (Å²) in [6.45, 7) is 5.53. The fourth-order valence-electron chi connectivity index (χ4n) is 2.57. The molecular weight excluding hydrogens is 338 g/mol. The molecule has 0 fully saturated rings. The smallest absolute Gasteiger partial charge is 0.331 e. The lowest BCUT2D eigenvalue weighted by Gasteiger charge is -2.17. The van der Waals surface area contributed by atoms with Crippen LogP contribution in [0.3, 0.4) is 0 Å². The molecule has 2 rings (SSSR count). The molecule has 0 aliphatic carbocycles. The molecule has 0 heterocycles. The normalized spacial score (nSPS) is 13.1. The number of carbonyl (C=O) groups is 2. The van der Waals surface area contributed by atoms with E-state index >= 15 is 0 Å². The minimum Gasteiger partial charge on any atom is -0.449 e. The molecule has 4 nitrogen and oxygen atoms in total. The summed E-state index contributed by atoms with van der Waals surface area (Å²) in [7, 11) is 0. The standard InChI is InChI=1S/C23H27NO3/c1-17-9-12-21(13-10-17)15-16-22(25)27-19(3)23(26)24-18(2)11-14-20-7-5-4-6-8-20/h4-10,12-13,15-16,18-19H,11,14H2,1-3H3,(H,24,26)/b16-15+/t18-,19+/m0/s1. The van der Waals surface area contributed by atoms with Crippen molar-refractivity contribution in [2.45, 2.75) is 45.8 Å². The van der Waals surface area contributed by atoms with Crippen LogP contribution < -0.4 is 5.32 Å². The SMILES string of the molecule is Cc1ccc(/C=C/C(=O)O[C@H](C)C(=O)N[C@@H](C)CCc2ccccc2)cc1. The molecule has 1 N–H and O–H groups in total. The Kier molecular flexibility index (Phi) is 7.80. The van der Waals surface area contributed by atoms with Crippen LogP contribution in [-0.4, -0.2) is 24.0 Å². The van der Waals surface area contributed by atoms with E-state index in [4.69, 9.17) is 4.74 Å². The molecule has 1 amide bonds. The van der Waals surface area contributed by atoms with Gasteiger partial charge in [0.05, 0.1) is 0 Å². The number of ether oxygens (including phenoxy) is 1. The van der Waals surface area contributed by atoms with E-state index in [1.165, 1.54) is 11.6 Å². The molecule has 0 aromatic heterocycles. The maximum Gasteiger partial charge on any atom is 0.331 e. The molecular formula is C23H27NO3. The van der Waals surface area contributed by atoms with E-state index in [0.29, 0.717) is 0 Å². The summed E-state index contributed by atoms with van der Waals surface area (Å²) in [4.78, 5) is 24.1. The van der Waals surface area contributed by atoms with Crippen LogP contribution in [-0.2, 0) is 20.7 Å². The first-order chi connectivity index (χ1) is 12.9. The van der Waals surface area contributed by atoms with Gasteiger partial charge in [0.15, 0.2) is 6.10 Å². The highest BCUT2D eigenvalue weighted by molar-refractivity contribution is 5.90. The van der Waals surface area contributed by atoms with Gasteiger partial charge < -0.3 is 10.1 Å². The van der Waals surface area contributed by atoms with Crippen LogP contribution in [0.15, 0.2) is 60.7 Å². The summed E-state index contributed by atoms with van der Waals surface area (Å²) in [5.74, 6) is -0.817. The average molecular weight is 365 g/mol. The van der Waals surface area contributed by atoms with Gasteiger partial charge in [0.25, 0.3) is 5.91 Å². The third kappa shape index (κ3) is 7.48. The second-order valence-corrected chi connectivity index (χ2v) is 6.76. The molecule has 0 aliphatic heterocycles. The lowest BCUT2D eigenvalue weighted by Crippen LogP contribution is -2.40. The molecule has 0 saturated carbocycles. The van der Waals surface area contributed by atoms with Crippen molar-refractivity contribution in [2.75, 3.05) is 0 Å². The number of nitrogens with one attached hydrogen (secondary N) is 1. The number of hydrogen-bond acceptors (Lipinski definition) is 3. The quantitative estimate of drug-likeness (QED) is 0.566. The van der Waals surface area contributed by atoms with Crippen molar-refractivity contribution in [2.24, 2.45) is 0 Å². The van der Waals surface area contributed by atoms with Crippen LogP contribution in [0.4, 0.5) is 0 Å². The van der Waals surface area contributed by atoms with Crippen molar-refractivity contribution >= 4 is 18.0 Å². The van der Waals surface area contributed by atoms with E-state index in [1.807, 2.05) is 56.3 Å². The maximum absolute atomic E-state index is 12.2. The van der Waals surface area contributed by atoms with Crippen molar-refractivity contribution in [3.8, 4) is 0 Å². The van der Waals surface area contributed by atoms with Crippen molar-refractivity contribution in [1.82, 2.24) is 5.32 Å². The molecule has 27 heavy (non-hydrogen) atoms. The van der Waals surface area contributed by atoms with Crippen LogP contribution in [0.25, 0.3) is 6.08 Å². The highest BCUT2D eigenvalue weighted by Crippen LogP contribution is 2.07. The average Bonchev–Trinajstić information content (AvgIpc) is 2.66. The zero-order valence-corrected chi connectivity index (χ0v) is 16.1. The first kappa shape index (κ1) is 20.4. The van der Waals surface area contributed by atoms with Gasteiger partial charge in [0.1, 0.15) is 0 Å². The molecule has 0 radical (unpaired) electrons. The van der Waals surface area contributed by atoms with Crippen LogP contribution in [0.5, 0.6) is 0 Å². The fourth-order valence-corrected chi connectivity index (χ4v) is 2.57. The number of carbonyl (C=O) groups excluding carboxylic acids is 2. The van der Waals surface area contributed by atoms with Gasteiger partial charge in [-0.1, -0.05) is 60.2 Å². The monoisotopic (exact) mass is 365 g/mol. The molecule has 2 aromatic rings. The Hall–Kier alpha value is -2.88.